The maximum Gasteiger partial charge on any atom is 0.231 e. The number of nitrogens with two attached hydrogens (primary N) is 1. The predicted octanol–water partition coefficient (Wildman–Crippen LogP) is 0.823. The molecule has 1 saturated heterocycles. The van der Waals surface area contributed by atoms with E-state index >= 15 is 0 Å². The summed E-state index contributed by atoms with van der Waals surface area (Å²) in [6, 6.07) is 0. The Morgan fingerprint density at radius 3 is 3.00 bits per heavy atom. The standard InChI is InChI=1S/C9H17N3OS2/c1-2-3-4-12-6-11(5-8(10)13)7-15-9(12)14/h2-7H2,1H3,(H2,10,13). The zero-order valence-corrected chi connectivity index (χ0v) is 10.6. The smallest absolute Gasteiger partial charge is 0.231 e. The van der Waals surface area contributed by atoms with Gasteiger partial charge >= 0.3 is 0 Å². The molecule has 0 aromatic heterocycles. The number of primary amides is 1. The molecule has 0 aromatic carbocycles. The molecular formula is C9H17N3OS2. The lowest BCUT2D eigenvalue weighted by atomic mass is 10.3. The quantitative estimate of drug-likeness (QED) is 0.729. The molecule has 1 amide bonds. The first-order valence-corrected chi connectivity index (χ1v) is 6.45. The minimum Gasteiger partial charge on any atom is -0.369 e. The van der Waals surface area contributed by atoms with E-state index in [9.17, 15) is 4.79 Å². The van der Waals surface area contributed by atoms with Gasteiger partial charge in [-0.3, -0.25) is 9.69 Å². The lowest BCUT2D eigenvalue weighted by molar-refractivity contribution is -0.119. The number of thioether (sulfide) groups is 1. The molecule has 15 heavy (non-hydrogen) atoms. The van der Waals surface area contributed by atoms with Gasteiger partial charge in [-0.1, -0.05) is 37.3 Å². The van der Waals surface area contributed by atoms with E-state index < -0.39 is 0 Å². The van der Waals surface area contributed by atoms with Crippen LogP contribution in [0.25, 0.3) is 0 Å². The molecule has 0 bridgehead atoms. The van der Waals surface area contributed by atoms with Gasteiger partial charge in [0, 0.05) is 6.54 Å². The van der Waals surface area contributed by atoms with Crippen LogP contribution in [0.5, 0.6) is 0 Å². The third kappa shape index (κ3) is 4.36. The Morgan fingerprint density at radius 2 is 2.40 bits per heavy atom. The molecule has 0 unspecified atom stereocenters. The predicted molar refractivity (Wildman–Crippen MR) is 67.4 cm³/mol. The third-order valence-electron chi connectivity index (χ3n) is 2.16. The highest BCUT2D eigenvalue weighted by Crippen LogP contribution is 2.18. The molecule has 1 fully saturated rings. The first-order chi connectivity index (χ1) is 7.13. The van der Waals surface area contributed by atoms with Crippen molar-refractivity contribution in [3.63, 3.8) is 0 Å². The number of amides is 1. The van der Waals surface area contributed by atoms with E-state index in [4.69, 9.17) is 18.0 Å². The van der Waals surface area contributed by atoms with Crippen LogP contribution in [0.3, 0.4) is 0 Å². The van der Waals surface area contributed by atoms with Crippen LogP contribution in [0.4, 0.5) is 0 Å². The topological polar surface area (TPSA) is 49.6 Å². The Morgan fingerprint density at radius 1 is 1.67 bits per heavy atom. The van der Waals surface area contributed by atoms with Crippen molar-refractivity contribution in [2.75, 3.05) is 25.6 Å². The van der Waals surface area contributed by atoms with E-state index in [0.717, 1.165) is 36.3 Å². The summed E-state index contributed by atoms with van der Waals surface area (Å²) in [5.41, 5.74) is 5.16. The van der Waals surface area contributed by atoms with Crippen molar-refractivity contribution in [1.29, 1.82) is 0 Å². The van der Waals surface area contributed by atoms with Crippen LogP contribution in [-0.4, -0.2) is 45.7 Å². The van der Waals surface area contributed by atoms with Crippen molar-refractivity contribution in [1.82, 2.24) is 9.80 Å². The maximum absolute atomic E-state index is 10.8. The van der Waals surface area contributed by atoms with Crippen molar-refractivity contribution in [3.05, 3.63) is 0 Å². The van der Waals surface area contributed by atoms with Crippen LogP contribution < -0.4 is 5.73 Å². The van der Waals surface area contributed by atoms with Crippen molar-refractivity contribution in [2.24, 2.45) is 5.73 Å². The van der Waals surface area contributed by atoms with E-state index in [1.54, 1.807) is 11.8 Å². The molecular weight excluding hydrogens is 230 g/mol. The highest BCUT2D eigenvalue weighted by atomic mass is 32.2. The van der Waals surface area contributed by atoms with Crippen molar-refractivity contribution in [2.45, 2.75) is 19.8 Å². The average molecular weight is 247 g/mol. The van der Waals surface area contributed by atoms with Crippen LogP contribution in [-0.2, 0) is 4.79 Å². The molecule has 4 nitrogen and oxygen atoms in total. The Bertz CT molecular complexity index is 248. The van der Waals surface area contributed by atoms with Crippen LogP contribution >= 0.6 is 24.0 Å². The summed E-state index contributed by atoms with van der Waals surface area (Å²) in [6.45, 7) is 4.17. The lowest BCUT2D eigenvalue weighted by Gasteiger charge is -2.36. The van der Waals surface area contributed by atoms with Crippen LogP contribution in [0.2, 0.25) is 0 Å². The molecule has 1 rings (SSSR count). The van der Waals surface area contributed by atoms with Gasteiger partial charge in [-0.25, -0.2) is 0 Å². The second kappa shape index (κ2) is 6.30. The van der Waals surface area contributed by atoms with Gasteiger partial charge in [0.05, 0.1) is 19.1 Å². The lowest BCUT2D eigenvalue weighted by Crippen LogP contribution is -2.47. The summed E-state index contributed by atoms with van der Waals surface area (Å²) in [6.07, 6.45) is 2.28. The number of thiocarbonyl (C=S) groups is 1. The van der Waals surface area contributed by atoms with Gasteiger partial charge in [0.15, 0.2) is 0 Å². The normalized spacial score (nSPS) is 18.2. The highest BCUT2D eigenvalue weighted by Gasteiger charge is 2.21. The van der Waals surface area contributed by atoms with Gasteiger partial charge in [0.1, 0.15) is 4.32 Å². The monoisotopic (exact) mass is 247 g/mol. The van der Waals surface area contributed by atoms with E-state index in [1.165, 1.54) is 0 Å². The number of nitrogens with zero attached hydrogens (tertiary/aromatic N) is 2. The van der Waals surface area contributed by atoms with Crippen LogP contribution in [0.1, 0.15) is 19.8 Å². The maximum atomic E-state index is 10.8. The van der Waals surface area contributed by atoms with Crippen LogP contribution in [0.15, 0.2) is 0 Å². The number of carbonyl (C=O) groups excluding carboxylic acids is 1. The van der Waals surface area contributed by atoms with Gasteiger partial charge in [0.25, 0.3) is 0 Å². The molecule has 0 aromatic rings. The fraction of sp³-hybridized carbons (Fsp3) is 0.778. The Kier molecular flexibility index (Phi) is 5.35. The average Bonchev–Trinajstić information content (AvgIpc) is 2.18. The summed E-state index contributed by atoms with van der Waals surface area (Å²) < 4.78 is 0.934. The minimum atomic E-state index is -0.279. The Hall–Kier alpha value is -0.330. The number of hydrogen-bond acceptors (Lipinski definition) is 4. The fourth-order valence-electron chi connectivity index (χ4n) is 1.40. The molecule has 0 radical (unpaired) electrons. The zero-order chi connectivity index (χ0) is 11.3. The van der Waals surface area contributed by atoms with E-state index in [1.807, 2.05) is 4.90 Å². The third-order valence-corrected chi connectivity index (χ3v) is 3.77. The van der Waals surface area contributed by atoms with Gasteiger partial charge < -0.3 is 10.6 Å². The number of unbranched alkanes of at least 4 members (excludes halogenated alkanes) is 1. The summed E-state index contributed by atoms with van der Waals surface area (Å²) in [4.78, 5) is 14.9. The van der Waals surface area contributed by atoms with E-state index in [0.29, 0.717) is 6.54 Å². The number of hydrogen-bond donors (Lipinski definition) is 1. The zero-order valence-electron chi connectivity index (χ0n) is 8.94. The number of rotatable bonds is 5. The first kappa shape index (κ1) is 12.7. The van der Waals surface area contributed by atoms with Crippen molar-refractivity contribution < 1.29 is 4.79 Å². The van der Waals surface area contributed by atoms with Gasteiger partial charge in [-0.15, -0.1) is 0 Å². The molecule has 0 spiro atoms. The van der Waals surface area contributed by atoms with Gasteiger partial charge in [0.2, 0.25) is 5.91 Å². The summed E-state index contributed by atoms with van der Waals surface area (Å²) in [5, 5.41) is 0. The molecule has 2 N–H and O–H groups in total. The minimum absolute atomic E-state index is 0.279. The molecule has 86 valence electrons. The Balaban J connectivity index is 2.40. The van der Waals surface area contributed by atoms with E-state index in [2.05, 4.69) is 11.8 Å². The van der Waals surface area contributed by atoms with Crippen LogP contribution in [0, 0.1) is 0 Å². The van der Waals surface area contributed by atoms with Crippen molar-refractivity contribution in [3.8, 4) is 0 Å². The molecule has 1 aliphatic rings. The van der Waals surface area contributed by atoms with Gasteiger partial charge in [-0.05, 0) is 6.42 Å². The second-order valence-corrected chi connectivity index (χ2v) is 5.17. The molecule has 1 heterocycles. The SMILES string of the molecule is CCCCN1CN(CC(N)=O)CSC1=S. The van der Waals surface area contributed by atoms with Gasteiger partial charge in [-0.2, -0.15) is 0 Å². The molecule has 0 saturated carbocycles. The summed E-state index contributed by atoms with van der Waals surface area (Å²) >= 11 is 6.86. The summed E-state index contributed by atoms with van der Waals surface area (Å²) in [5.74, 6) is 0.489. The molecule has 1 aliphatic heterocycles. The van der Waals surface area contributed by atoms with E-state index in [-0.39, 0.29) is 5.91 Å². The highest BCUT2D eigenvalue weighted by molar-refractivity contribution is 8.22. The molecule has 0 aliphatic carbocycles. The molecule has 0 atom stereocenters. The number of carbonyl (C=O) groups is 1. The fourth-order valence-corrected chi connectivity index (χ4v) is 2.51. The summed E-state index contributed by atoms with van der Waals surface area (Å²) in [7, 11) is 0. The van der Waals surface area contributed by atoms with Crippen molar-refractivity contribution >= 4 is 34.2 Å². The Labute approximate surface area is 100 Å². The largest absolute Gasteiger partial charge is 0.369 e. The molecule has 6 heteroatoms. The second-order valence-electron chi connectivity index (χ2n) is 3.59. The first-order valence-electron chi connectivity index (χ1n) is 5.06.